The third kappa shape index (κ3) is 4.14. The van der Waals surface area contributed by atoms with Gasteiger partial charge in [0.25, 0.3) is 11.8 Å². The molecule has 28 heavy (non-hydrogen) atoms. The van der Waals surface area contributed by atoms with Gasteiger partial charge in [-0.1, -0.05) is 6.07 Å². The predicted molar refractivity (Wildman–Crippen MR) is 102 cm³/mol. The van der Waals surface area contributed by atoms with Crippen LogP contribution in [0.1, 0.15) is 47.1 Å². The molecule has 2 aromatic rings. The summed E-state index contributed by atoms with van der Waals surface area (Å²) < 4.78 is 24.8. The molecule has 1 heterocycles. The summed E-state index contributed by atoms with van der Waals surface area (Å²) in [7, 11) is 0. The molecule has 0 spiro atoms. The number of rotatable bonds is 3. The van der Waals surface area contributed by atoms with Crippen LogP contribution >= 0.6 is 0 Å². The van der Waals surface area contributed by atoms with Crippen molar-refractivity contribution in [1.82, 2.24) is 10.4 Å². The first-order chi connectivity index (χ1) is 13.2. The summed E-state index contributed by atoms with van der Waals surface area (Å²) in [6.07, 6.45) is 0. The van der Waals surface area contributed by atoms with Crippen LogP contribution in [0, 0.1) is 12.7 Å². The van der Waals surface area contributed by atoms with Gasteiger partial charge >= 0.3 is 0 Å². The first-order valence-corrected chi connectivity index (χ1v) is 8.99. The number of hydrogen-bond donors (Lipinski definition) is 1. The van der Waals surface area contributed by atoms with E-state index in [2.05, 4.69) is 5.43 Å². The zero-order valence-electron chi connectivity index (χ0n) is 16.3. The van der Waals surface area contributed by atoms with Crippen LogP contribution in [0.2, 0.25) is 0 Å². The highest BCUT2D eigenvalue weighted by atomic mass is 19.1. The molecule has 0 bridgehead atoms. The Morgan fingerprint density at radius 2 is 1.79 bits per heavy atom. The molecule has 7 heteroatoms. The van der Waals surface area contributed by atoms with Gasteiger partial charge in [0.05, 0.1) is 0 Å². The van der Waals surface area contributed by atoms with E-state index < -0.39 is 23.2 Å². The molecule has 6 nitrogen and oxygen atoms in total. The van der Waals surface area contributed by atoms with Crippen LogP contribution in [0.15, 0.2) is 36.4 Å². The van der Waals surface area contributed by atoms with Crippen molar-refractivity contribution in [1.29, 1.82) is 0 Å². The van der Waals surface area contributed by atoms with Gasteiger partial charge in [0.15, 0.2) is 11.5 Å². The van der Waals surface area contributed by atoms with Gasteiger partial charge < -0.3 is 9.47 Å². The number of nitrogens with one attached hydrogen (secondary N) is 1. The quantitative estimate of drug-likeness (QED) is 0.646. The third-order valence-electron chi connectivity index (χ3n) is 4.11. The van der Waals surface area contributed by atoms with Crippen LogP contribution in [0.25, 0.3) is 0 Å². The second-order valence-electron chi connectivity index (χ2n) is 7.58. The molecule has 3 rings (SSSR count). The number of carbonyl (C=O) groups is 2. The number of nitrogens with zero attached hydrogens (tertiary/aromatic N) is 1. The number of amides is 2. The number of halogens is 1. The summed E-state index contributed by atoms with van der Waals surface area (Å²) in [6.45, 7) is 8.03. The number of fused-ring (bicyclic) bond motifs is 1. The SMILES string of the molecule is Cc1c(C(=O)N(NC(C)(C)C)C(=O)c2cccc(F)c2)ccc2c1OCCO2. The van der Waals surface area contributed by atoms with Crippen molar-refractivity contribution in [3.63, 3.8) is 0 Å². The minimum Gasteiger partial charge on any atom is -0.486 e. The van der Waals surface area contributed by atoms with Gasteiger partial charge in [-0.25, -0.2) is 14.8 Å². The smallest absolute Gasteiger partial charge is 0.275 e. The van der Waals surface area contributed by atoms with E-state index in [9.17, 15) is 14.0 Å². The number of imide groups is 1. The fourth-order valence-electron chi connectivity index (χ4n) is 2.89. The summed E-state index contributed by atoms with van der Waals surface area (Å²) >= 11 is 0. The van der Waals surface area contributed by atoms with Gasteiger partial charge in [0, 0.05) is 22.2 Å². The largest absolute Gasteiger partial charge is 0.486 e. The Labute approximate surface area is 163 Å². The van der Waals surface area contributed by atoms with Gasteiger partial charge in [-0.2, -0.15) is 0 Å². The Morgan fingerprint density at radius 3 is 2.46 bits per heavy atom. The predicted octanol–water partition coefficient (Wildman–Crippen LogP) is 3.49. The Bertz CT molecular complexity index is 921. The first kappa shape index (κ1) is 19.8. The molecule has 0 saturated carbocycles. The van der Waals surface area contributed by atoms with E-state index in [1.165, 1.54) is 18.2 Å². The molecule has 0 saturated heterocycles. The standard InChI is InChI=1S/C21H23FN2O4/c1-13-16(8-9-17-18(13)28-11-10-27-17)20(26)24(23-21(2,3)4)19(25)14-6-5-7-15(22)12-14/h5-9,12,23H,10-11H2,1-4H3. The molecule has 0 fully saturated rings. The number of carbonyl (C=O) groups excluding carboxylic acids is 2. The lowest BCUT2D eigenvalue weighted by atomic mass is 10.0. The zero-order chi connectivity index (χ0) is 20.5. The third-order valence-corrected chi connectivity index (χ3v) is 4.11. The van der Waals surface area contributed by atoms with Crippen LogP contribution in [-0.2, 0) is 0 Å². The molecule has 1 aliphatic heterocycles. The monoisotopic (exact) mass is 386 g/mol. The molecule has 0 radical (unpaired) electrons. The van der Waals surface area contributed by atoms with E-state index in [-0.39, 0.29) is 5.56 Å². The minimum absolute atomic E-state index is 0.0697. The average Bonchev–Trinajstić information content (AvgIpc) is 2.65. The van der Waals surface area contributed by atoms with E-state index in [0.717, 1.165) is 11.1 Å². The van der Waals surface area contributed by atoms with Crippen molar-refractivity contribution in [3.8, 4) is 11.5 Å². The summed E-state index contributed by atoms with van der Waals surface area (Å²) in [6, 6.07) is 8.48. The molecule has 2 aromatic carbocycles. The normalized spacial score (nSPS) is 13.2. The van der Waals surface area contributed by atoms with E-state index in [0.29, 0.717) is 35.8 Å². The fourth-order valence-corrected chi connectivity index (χ4v) is 2.89. The highest BCUT2D eigenvalue weighted by molar-refractivity contribution is 6.10. The van der Waals surface area contributed by atoms with Crippen LogP contribution in [0.5, 0.6) is 11.5 Å². The maximum atomic E-state index is 13.6. The minimum atomic E-state index is -0.645. The molecule has 148 valence electrons. The summed E-state index contributed by atoms with van der Waals surface area (Å²) in [5.74, 6) is -0.699. The summed E-state index contributed by atoms with van der Waals surface area (Å²) in [4.78, 5) is 26.3. The van der Waals surface area contributed by atoms with E-state index in [1.807, 2.05) is 20.8 Å². The maximum absolute atomic E-state index is 13.6. The lowest BCUT2D eigenvalue weighted by Gasteiger charge is -2.31. The second-order valence-corrected chi connectivity index (χ2v) is 7.58. The van der Waals surface area contributed by atoms with Gasteiger partial charge in [0.1, 0.15) is 19.0 Å². The van der Waals surface area contributed by atoms with E-state index in [1.54, 1.807) is 19.1 Å². The zero-order valence-corrected chi connectivity index (χ0v) is 16.3. The van der Waals surface area contributed by atoms with E-state index >= 15 is 0 Å². The van der Waals surface area contributed by atoms with Crippen LogP contribution in [0.4, 0.5) is 4.39 Å². The highest BCUT2D eigenvalue weighted by Gasteiger charge is 2.31. The molecule has 0 aliphatic carbocycles. The average molecular weight is 386 g/mol. The van der Waals surface area contributed by atoms with Gasteiger partial charge in [0.2, 0.25) is 0 Å². The Balaban J connectivity index is 2.01. The van der Waals surface area contributed by atoms with Crippen molar-refractivity contribution < 1.29 is 23.5 Å². The molecule has 0 atom stereocenters. The molecule has 2 amide bonds. The van der Waals surface area contributed by atoms with E-state index in [4.69, 9.17) is 9.47 Å². The van der Waals surface area contributed by atoms with Crippen LogP contribution in [0.3, 0.4) is 0 Å². The first-order valence-electron chi connectivity index (χ1n) is 8.99. The maximum Gasteiger partial charge on any atom is 0.275 e. The van der Waals surface area contributed by atoms with Crippen molar-refractivity contribution >= 4 is 11.8 Å². The highest BCUT2D eigenvalue weighted by Crippen LogP contribution is 2.35. The van der Waals surface area contributed by atoms with Gasteiger partial charge in [-0.3, -0.25) is 9.59 Å². The molecular weight excluding hydrogens is 363 g/mol. The fraction of sp³-hybridized carbons (Fsp3) is 0.333. The molecule has 1 N–H and O–H groups in total. The van der Waals surface area contributed by atoms with Crippen LogP contribution in [-0.4, -0.2) is 35.6 Å². The lowest BCUT2D eigenvalue weighted by Crippen LogP contribution is -2.55. The second kappa shape index (κ2) is 7.59. The van der Waals surface area contributed by atoms with Crippen molar-refractivity contribution in [2.24, 2.45) is 0 Å². The Morgan fingerprint density at radius 1 is 1.07 bits per heavy atom. The number of hydrazine groups is 1. The lowest BCUT2D eigenvalue weighted by molar-refractivity contribution is 0.0451. The Hall–Kier alpha value is -2.93. The van der Waals surface area contributed by atoms with Gasteiger partial charge in [-0.15, -0.1) is 0 Å². The molecule has 0 unspecified atom stereocenters. The van der Waals surface area contributed by atoms with Crippen molar-refractivity contribution in [2.75, 3.05) is 13.2 Å². The summed E-state index contributed by atoms with van der Waals surface area (Å²) in [5.41, 5.74) is 3.28. The van der Waals surface area contributed by atoms with Gasteiger partial charge in [-0.05, 0) is 58.0 Å². The van der Waals surface area contributed by atoms with Crippen LogP contribution < -0.4 is 14.9 Å². The van der Waals surface area contributed by atoms with Crippen molar-refractivity contribution in [3.05, 3.63) is 58.9 Å². The molecule has 1 aliphatic rings. The van der Waals surface area contributed by atoms with Crippen molar-refractivity contribution in [2.45, 2.75) is 33.2 Å². The molecule has 0 aromatic heterocycles. The summed E-state index contributed by atoms with van der Waals surface area (Å²) in [5, 5.41) is 0.924. The number of ether oxygens (including phenoxy) is 2. The topological polar surface area (TPSA) is 67.9 Å². The molecular formula is C21H23FN2O4. The Kier molecular flexibility index (Phi) is 5.38. The number of hydrogen-bond acceptors (Lipinski definition) is 5. The number of benzene rings is 2.